The second-order valence-electron chi connectivity index (χ2n) is 6.26. The molecule has 0 radical (unpaired) electrons. The van der Waals surface area contributed by atoms with E-state index in [0.29, 0.717) is 5.02 Å². The molecular formula is C22H19ClFN3O2. The summed E-state index contributed by atoms with van der Waals surface area (Å²) in [4.78, 5) is 24.1. The lowest BCUT2D eigenvalue weighted by Gasteiger charge is -2.20. The highest BCUT2D eigenvalue weighted by Crippen LogP contribution is 2.23. The van der Waals surface area contributed by atoms with Gasteiger partial charge in [-0.15, -0.1) is 0 Å². The highest BCUT2D eigenvalue weighted by Gasteiger charge is 2.16. The van der Waals surface area contributed by atoms with Crippen LogP contribution >= 0.6 is 11.6 Å². The Morgan fingerprint density at radius 3 is 2.17 bits per heavy atom. The molecule has 5 nitrogen and oxygen atoms in total. The van der Waals surface area contributed by atoms with Crippen molar-refractivity contribution in [1.82, 2.24) is 10.6 Å². The number of nitrogens with one attached hydrogen (secondary N) is 3. The number of benzene rings is 3. The van der Waals surface area contributed by atoms with Gasteiger partial charge in [0.05, 0.1) is 18.3 Å². The van der Waals surface area contributed by atoms with Crippen LogP contribution < -0.4 is 16.0 Å². The largest absolute Gasteiger partial charge is 0.326 e. The van der Waals surface area contributed by atoms with Crippen LogP contribution in [0.3, 0.4) is 0 Å². The molecule has 0 saturated heterocycles. The zero-order chi connectivity index (χ0) is 20.6. The van der Waals surface area contributed by atoms with Crippen molar-refractivity contribution in [3.8, 4) is 0 Å². The van der Waals surface area contributed by atoms with E-state index in [1.54, 1.807) is 18.2 Å². The number of halogens is 2. The minimum absolute atomic E-state index is 0.00548. The van der Waals surface area contributed by atoms with Crippen LogP contribution in [-0.4, -0.2) is 18.5 Å². The summed E-state index contributed by atoms with van der Waals surface area (Å²) in [5.74, 6) is -1.13. The summed E-state index contributed by atoms with van der Waals surface area (Å²) in [6, 6.07) is 21.5. The molecule has 0 aromatic heterocycles. The summed E-state index contributed by atoms with van der Waals surface area (Å²) in [6.07, 6.45) is 0. The first-order valence-electron chi connectivity index (χ1n) is 8.92. The van der Waals surface area contributed by atoms with Crippen molar-refractivity contribution in [3.05, 3.63) is 101 Å². The molecule has 0 saturated carbocycles. The molecule has 3 amide bonds. The van der Waals surface area contributed by atoms with E-state index in [1.807, 2.05) is 42.5 Å². The lowest BCUT2D eigenvalue weighted by atomic mass is 9.99. The van der Waals surface area contributed by atoms with Gasteiger partial charge in [-0.05, 0) is 35.4 Å². The van der Waals surface area contributed by atoms with Gasteiger partial charge in [-0.3, -0.25) is 15.4 Å². The van der Waals surface area contributed by atoms with Crippen LogP contribution in [0.2, 0.25) is 5.02 Å². The minimum Gasteiger partial charge on any atom is -0.305 e. The van der Waals surface area contributed by atoms with Crippen molar-refractivity contribution in [2.24, 2.45) is 0 Å². The molecule has 0 bridgehead atoms. The molecule has 3 aromatic carbocycles. The summed E-state index contributed by atoms with van der Waals surface area (Å²) < 4.78 is 13.6. The van der Waals surface area contributed by atoms with Crippen LogP contribution in [0.4, 0.5) is 14.9 Å². The molecule has 0 heterocycles. The molecule has 0 fully saturated rings. The Hall–Kier alpha value is -3.22. The Bertz CT molecular complexity index is 981. The average molecular weight is 412 g/mol. The number of rotatable bonds is 6. The fourth-order valence-corrected chi connectivity index (χ4v) is 2.94. The van der Waals surface area contributed by atoms with Gasteiger partial charge in [0.25, 0.3) is 0 Å². The number of amides is 3. The fourth-order valence-electron chi connectivity index (χ4n) is 2.81. The minimum atomic E-state index is -0.801. The van der Waals surface area contributed by atoms with Crippen LogP contribution in [0.5, 0.6) is 0 Å². The number of hydrogen-bond acceptors (Lipinski definition) is 3. The van der Waals surface area contributed by atoms with Crippen molar-refractivity contribution in [3.63, 3.8) is 0 Å². The van der Waals surface area contributed by atoms with Crippen molar-refractivity contribution in [1.29, 1.82) is 0 Å². The molecule has 148 valence electrons. The van der Waals surface area contributed by atoms with Crippen molar-refractivity contribution in [2.45, 2.75) is 6.04 Å². The molecule has 0 unspecified atom stereocenters. The summed E-state index contributed by atoms with van der Waals surface area (Å²) in [7, 11) is 0. The van der Waals surface area contributed by atoms with E-state index in [-0.39, 0.29) is 18.3 Å². The van der Waals surface area contributed by atoms with Gasteiger partial charge >= 0.3 is 6.03 Å². The smallest absolute Gasteiger partial charge is 0.305 e. The predicted octanol–water partition coefficient (Wildman–Crippen LogP) is 4.51. The number of imide groups is 1. The van der Waals surface area contributed by atoms with E-state index in [2.05, 4.69) is 16.0 Å². The maximum Gasteiger partial charge on any atom is 0.326 e. The van der Waals surface area contributed by atoms with Gasteiger partial charge in [0.1, 0.15) is 5.82 Å². The van der Waals surface area contributed by atoms with Crippen LogP contribution in [-0.2, 0) is 4.79 Å². The van der Waals surface area contributed by atoms with E-state index in [0.717, 1.165) is 11.1 Å². The number of anilines is 1. The van der Waals surface area contributed by atoms with Crippen LogP contribution in [0.1, 0.15) is 17.2 Å². The zero-order valence-corrected chi connectivity index (χ0v) is 16.1. The van der Waals surface area contributed by atoms with Gasteiger partial charge in [-0.25, -0.2) is 9.18 Å². The van der Waals surface area contributed by atoms with Gasteiger partial charge in [-0.1, -0.05) is 66.2 Å². The molecular weight excluding hydrogens is 393 g/mol. The third kappa shape index (κ3) is 5.88. The Kier molecular flexibility index (Phi) is 6.94. The standard InChI is InChI=1S/C22H19ClFN3O2/c23-17-12-10-16(11-13-17)21(15-6-2-1-3-7-15)25-14-20(28)27-22(29)26-19-9-5-4-8-18(19)24/h1-13,21,25H,14H2,(H2,26,27,28,29)/t21-/m1/s1. The highest BCUT2D eigenvalue weighted by molar-refractivity contribution is 6.30. The van der Waals surface area contributed by atoms with E-state index in [9.17, 15) is 14.0 Å². The Balaban J connectivity index is 1.63. The molecule has 0 aliphatic heterocycles. The molecule has 0 spiro atoms. The number of carbonyl (C=O) groups is 2. The topological polar surface area (TPSA) is 70.2 Å². The number of hydrogen-bond donors (Lipinski definition) is 3. The number of carbonyl (C=O) groups excluding carboxylic acids is 2. The number of para-hydroxylation sites is 1. The second kappa shape index (κ2) is 9.82. The quantitative estimate of drug-likeness (QED) is 0.559. The summed E-state index contributed by atoms with van der Waals surface area (Å²) >= 11 is 5.97. The molecule has 1 atom stereocenters. The lowest BCUT2D eigenvalue weighted by Crippen LogP contribution is -2.41. The third-order valence-electron chi connectivity index (χ3n) is 4.18. The fraction of sp³-hybridized carbons (Fsp3) is 0.0909. The van der Waals surface area contributed by atoms with E-state index in [4.69, 9.17) is 11.6 Å². The average Bonchev–Trinajstić information content (AvgIpc) is 2.72. The Labute approximate surface area is 172 Å². The number of urea groups is 1. The molecule has 3 aromatic rings. The normalized spacial score (nSPS) is 11.5. The van der Waals surface area contributed by atoms with E-state index in [1.165, 1.54) is 18.2 Å². The maximum absolute atomic E-state index is 13.6. The van der Waals surface area contributed by atoms with Gasteiger partial charge in [0.2, 0.25) is 5.91 Å². The molecule has 0 aliphatic carbocycles. The van der Waals surface area contributed by atoms with Crippen LogP contribution in [0.25, 0.3) is 0 Å². The zero-order valence-electron chi connectivity index (χ0n) is 15.4. The summed E-state index contributed by atoms with van der Waals surface area (Å²) in [5.41, 5.74) is 1.87. The van der Waals surface area contributed by atoms with Crippen LogP contribution in [0, 0.1) is 5.82 Å². The van der Waals surface area contributed by atoms with Gasteiger partial charge < -0.3 is 5.32 Å². The molecule has 3 N–H and O–H groups in total. The summed E-state index contributed by atoms with van der Waals surface area (Å²) in [6.45, 7) is -0.118. The second-order valence-corrected chi connectivity index (χ2v) is 6.69. The Morgan fingerprint density at radius 2 is 1.48 bits per heavy atom. The maximum atomic E-state index is 13.6. The first-order chi connectivity index (χ1) is 14.0. The highest BCUT2D eigenvalue weighted by atomic mass is 35.5. The molecule has 3 rings (SSSR count). The van der Waals surface area contributed by atoms with E-state index < -0.39 is 17.8 Å². The summed E-state index contributed by atoms with van der Waals surface area (Å²) in [5, 5.41) is 8.25. The molecule has 0 aliphatic rings. The van der Waals surface area contributed by atoms with Crippen LogP contribution in [0.15, 0.2) is 78.9 Å². The van der Waals surface area contributed by atoms with Gasteiger partial charge in [0.15, 0.2) is 0 Å². The first kappa shape index (κ1) is 20.5. The molecule has 7 heteroatoms. The van der Waals surface area contributed by atoms with Crippen molar-refractivity contribution >= 4 is 29.2 Å². The SMILES string of the molecule is O=C(CN[C@H](c1ccccc1)c1ccc(Cl)cc1)NC(=O)Nc1ccccc1F. The first-order valence-corrected chi connectivity index (χ1v) is 9.30. The Morgan fingerprint density at radius 1 is 0.862 bits per heavy atom. The van der Waals surface area contributed by atoms with Gasteiger partial charge in [0, 0.05) is 5.02 Å². The van der Waals surface area contributed by atoms with E-state index >= 15 is 0 Å². The predicted molar refractivity (Wildman–Crippen MR) is 111 cm³/mol. The van der Waals surface area contributed by atoms with Crippen molar-refractivity contribution in [2.75, 3.05) is 11.9 Å². The monoisotopic (exact) mass is 411 g/mol. The lowest BCUT2D eigenvalue weighted by molar-refractivity contribution is -0.119. The molecule has 29 heavy (non-hydrogen) atoms. The third-order valence-corrected chi connectivity index (χ3v) is 4.43. The van der Waals surface area contributed by atoms with Crippen molar-refractivity contribution < 1.29 is 14.0 Å². The van der Waals surface area contributed by atoms with Gasteiger partial charge in [-0.2, -0.15) is 0 Å².